The minimum atomic E-state index is -0.591. The fourth-order valence-electron chi connectivity index (χ4n) is 5.51. The number of imide groups is 1. The summed E-state index contributed by atoms with van der Waals surface area (Å²) in [6.45, 7) is 1.97. The number of benzene rings is 3. The van der Waals surface area contributed by atoms with Crippen LogP contribution in [0, 0.1) is 0 Å². The van der Waals surface area contributed by atoms with Crippen LogP contribution in [0.25, 0.3) is 10.8 Å². The van der Waals surface area contributed by atoms with Crippen LogP contribution in [0.3, 0.4) is 0 Å². The van der Waals surface area contributed by atoms with E-state index < -0.39 is 5.54 Å². The van der Waals surface area contributed by atoms with E-state index in [1.807, 2.05) is 54.6 Å². The first-order valence-corrected chi connectivity index (χ1v) is 11.3. The maximum absolute atomic E-state index is 13.2. The number of nitrogens with one attached hydrogen (secondary N) is 1. The number of amides is 3. The van der Waals surface area contributed by atoms with Crippen molar-refractivity contribution >= 4 is 34.2 Å². The first-order chi connectivity index (χ1) is 16.1. The molecular formula is C26H24N4O3. The van der Waals surface area contributed by atoms with Gasteiger partial charge in [-0.3, -0.25) is 24.2 Å². The Morgan fingerprint density at radius 2 is 1.42 bits per heavy atom. The highest BCUT2D eigenvalue weighted by Crippen LogP contribution is 2.37. The third-order valence-corrected chi connectivity index (χ3v) is 7.29. The quantitative estimate of drug-likeness (QED) is 0.634. The second-order valence-corrected chi connectivity index (χ2v) is 8.97. The molecule has 0 aromatic heterocycles. The molecule has 3 amide bonds. The maximum Gasteiger partial charge on any atom is 0.262 e. The number of likely N-dealkylation sites (tertiary alicyclic amines) is 1. The summed E-state index contributed by atoms with van der Waals surface area (Å²) >= 11 is 0. The van der Waals surface area contributed by atoms with Crippen molar-refractivity contribution < 1.29 is 14.4 Å². The van der Waals surface area contributed by atoms with Gasteiger partial charge in [0, 0.05) is 35.3 Å². The molecule has 0 aliphatic carbocycles. The van der Waals surface area contributed by atoms with Crippen LogP contribution >= 0.6 is 0 Å². The van der Waals surface area contributed by atoms with Crippen molar-refractivity contribution in [2.75, 3.05) is 31.3 Å². The number of rotatable bonds is 3. The van der Waals surface area contributed by atoms with Crippen LogP contribution in [-0.2, 0) is 4.79 Å². The van der Waals surface area contributed by atoms with E-state index in [2.05, 4.69) is 15.1 Å². The molecule has 2 saturated heterocycles. The summed E-state index contributed by atoms with van der Waals surface area (Å²) in [7, 11) is 0. The van der Waals surface area contributed by atoms with Crippen LogP contribution in [0.1, 0.15) is 33.6 Å². The Hall–Kier alpha value is -3.71. The minimum absolute atomic E-state index is 0.0525. The molecule has 3 aliphatic rings. The molecule has 7 heteroatoms. The summed E-state index contributed by atoms with van der Waals surface area (Å²) in [6, 6.07) is 21.1. The summed E-state index contributed by atoms with van der Waals surface area (Å²) in [4.78, 5) is 45.0. The molecule has 0 unspecified atom stereocenters. The second-order valence-electron chi connectivity index (χ2n) is 8.97. The molecule has 1 spiro atoms. The van der Waals surface area contributed by atoms with Crippen LogP contribution in [0.4, 0.5) is 5.69 Å². The summed E-state index contributed by atoms with van der Waals surface area (Å²) in [6.07, 6.45) is 1.27. The molecule has 0 radical (unpaired) electrons. The predicted octanol–water partition coefficient (Wildman–Crippen LogP) is 2.82. The van der Waals surface area contributed by atoms with Gasteiger partial charge in [-0.15, -0.1) is 0 Å². The standard InChI is InChI=1S/C26H24N4O3/c31-23-20-10-4-6-18-7-5-11-21(22(18)20)24(32)29(23)17-28-14-12-26(13-15-28)25(33)27-16-30(26)19-8-2-1-3-9-19/h1-11H,12-17H2,(H,27,33). The summed E-state index contributed by atoms with van der Waals surface area (Å²) in [5.41, 5.74) is 1.57. The molecule has 6 rings (SSSR count). The van der Waals surface area contributed by atoms with Gasteiger partial charge in [0.1, 0.15) is 5.54 Å². The Bertz CT molecular complexity index is 1230. The number of hydrogen-bond acceptors (Lipinski definition) is 5. The summed E-state index contributed by atoms with van der Waals surface area (Å²) < 4.78 is 0. The Morgan fingerprint density at radius 3 is 2.06 bits per heavy atom. The maximum atomic E-state index is 13.2. The topological polar surface area (TPSA) is 73.0 Å². The van der Waals surface area contributed by atoms with E-state index >= 15 is 0 Å². The van der Waals surface area contributed by atoms with Gasteiger partial charge >= 0.3 is 0 Å². The van der Waals surface area contributed by atoms with E-state index in [9.17, 15) is 14.4 Å². The average Bonchev–Trinajstić information content (AvgIpc) is 3.17. The molecule has 2 fully saturated rings. The molecule has 1 N–H and O–H groups in total. The van der Waals surface area contributed by atoms with Gasteiger partial charge in [0.15, 0.2) is 0 Å². The molecule has 0 bridgehead atoms. The molecule has 33 heavy (non-hydrogen) atoms. The van der Waals surface area contributed by atoms with Gasteiger partial charge in [-0.05, 0) is 42.5 Å². The van der Waals surface area contributed by atoms with E-state index in [0.717, 1.165) is 16.5 Å². The fraction of sp³-hybridized carbons (Fsp3) is 0.269. The highest BCUT2D eigenvalue weighted by molar-refractivity contribution is 6.25. The van der Waals surface area contributed by atoms with Crippen molar-refractivity contribution in [2.45, 2.75) is 18.4 Å². The van der Waals surface area contributed by atoms with Crippen molar-refractivity contribution in [1.29, 1.82) is 0 Å². The highest BCUT2D eigenvalue weighted by Gasteiger charge is 2.50. The van der Waals surface area contributed by atoms with E-state index in [0.29, 0.717) is 43.7 Å². The summed E-state index contributed by atoms with van der Waals surface area (Å²) in [5, 5.41) is 4.65. The highest BCUT2D eigenvalue weighted by atomic mass is 16.2. The van der Waals surface area contributed by atoms with Gasteiger partial charge in [0.25, 0.3) is 11.8 Å². The van der Waals surface area contributed by atoms with Gasteiger partial charge in [-0.25, -0.2) is 0 Å². The zero-order valence-electron chi connectivity index (χ0n) is 18.2. The number of hydrogen-bond donors (Lipinski definition) is 1. The van der Waals surface area contributed by atoms with Gasteiger partial charge in [0.05, 0.1) is 13.3 Å². The normalized spacial score (nSPS) is 20.1. The van der Waals surface area contributed by atoms with Crippen LogP contribution in [0.2, 0.25) is 0 Å². The third-order valence-electron chi connectivity index (χ3n) is 7.29. The van der Waals surface area contributed by atoms with Crippen LogP contribution < -0.4 is 10.2 Å². The monoisotopic (exact) mass is 440 g/mol. The SMILES string of the molecule is O=C1c2cccc3cccc(c23)C(=O)N1CN1CCC2(CC1)C(=O)NCN2c1ccccc1. The Morgan fingerprint density at radius 1 is 0.788 bits per heavy atom. The average molecular weight is 441 g/mol. The lowest BCUT2D eigenvalue weighted by Gasteiger charge is -2.44. The van der Waals surface area contributed by atoms with Gasteiger partial charge in [-0.1, -0.05) is 42.5 Å². The van der Waals surface area contributed by atoms with Gasteiger partial charge in [-0.2, -0.15) is 0 Å². The Balaban J connectivity index is 1.22. The lowest BCUT2D eigenvalue weighted by atomic mass is 9.85. The van der Waals surface area contributed by atoms with E-state index in [4.69, 9.17) is 0 Å². The van der Waals surface area contributed by atoms with Crippen LogP contribution in [-0.4, -0.2) is 59.5 Å². The van der Waals surface area contributed by atoms with Crippen molar-refractivity contribution in [3.8, 4) is 0 Å². The van der Waals surface area contributed by atoms with Crippen molar-refractivity contribution in [2.24, 2.45) is 0 Å². The molecule has 7 nitrogen and oxygen atoms in total. The van der Waals surface area contributed by atoms with Crippen LogP contribution in [0.15, 0.2) is 66.7 Å². The number of carbonyl (C=O) groups is 3. The molecule has 0 atom stereocenters. The van der Waals surface area contributed by atoms with E-state index in [1.165, 1.54) is 4.90 Å². The number of piperidine rings is 1. The second kappa shape index (κ2) is 7.42. The number of para-hydroxylation sites is 1. The third kappa shape index (κ3) is 2.96. The number of anilines is 1. The summed E-state index contributed by atoms with van der Waals surface area (Å²) in [5.74, 6) is -0.458. The molecule has 3 aromatic rings. The smallest absolute Gasteiger partial charge is 0.262 e. The van der Waals surface area contributed by atoms with E-state index in [-0.39, 0.29) is 24.4 Å². The van der Waals surface area contributed by atoms with Crippen molar-refractivity contribution in [1.82, 2.24) is 15.1 Å². The number of carbonyl (C=O) groups excluding carboxylic acids is 3. The van der Waals surface area contributed by atoms with Crippen LogP contribution in [0.5, 0.6) is 0 Å². The van der Waals surface area contributed by atoms with Gasteiger partial charge < -0.3 is 10.2 Å². The predicted molar refractivity (Wildman–Crippen MR) is 125 cm³/mol. The molecular weight excluding hydrogens is 416 g/mol. The molecule has 3 heterocycles. The minimum Gasteiger partial charge on any atom is -0.339 e. The molecule has 0 saturated carbocycles. The van der Waals surface area contributed by atoms with Gasteiger partial charge in [0.2, 0.25) is 5.91 Å². The van der Waals surface area contributed by atoms with Crippen molar-refractivity contribution in [3.05, 3.63) is 77.9 Å². The molecule has 3 aliphatic heterocycles. The first kappa shape index (κ1) is 19.9. The van der Waals surface area contributed by atoms with E-state index in [1.54, 1.807) is 12.1 Å². The fourth-order valence-corrected chi connectivity index (χ4v) is 5.51. The molecule has 166 valence electrons. The van der Waals surface area contributed by atoms with Crippen molar-refractivity contribution in [3.63, 3.8) is 0 Å². The lowest BCUT2D eigenvalue weighted by Crippen LogP contribution is -2.58. The Kier molecular flexibility index (Phi) is 4.48. The molecule has 3 aromatic carbocycles. The largest absolute Gasteiger partial charge is 0.339 e. The zero-order chi connectivity index (χ0) is 22.6. The number of nitrogens with zero attached hydrogens (tertiary/aromatic N) is 3. The first-order valence-electron chi connectivity index (χ1n) is 11.3. The lowest BCUT2D eigenvalue weighted by molar-refractivity contribution is -0.125. The Labute approximate surface area is 191 Å². The zero-order valence-corrected chi connectivity index (χ0v) is 18.2.